The van der Waals surface area contributed by atoms with Gasteiger partial charge in [0, 0.05) is 18.2 Å². The average Bonchev–Trinajstić information content (AvgIpc) is 2.52. The van der Waals surface area contributed by atoms with Crippen LogP contribution in [-0.4, -0.2) is 35.5 Å². The Morgan fingerprint density at radius 3 is 2.76 bits per heavy atom. The highest BCUT2D eigenvalue weighted by molar-refractivity contribution is 5.92. The highest BCUT2D eigenvalue weighted by Crippen LogP contribution is 2.25. The molecule has 2 N–H and O–H groups in total. The van der Waals surface area contributed by atoms with Gasteiger partial charge in [0.05, 0.1) is 20.4 Å². The van der Waals surface area contributed by atoms with Crippen LogP contribution in [0.5, 0.6) is 11.5 Å². The fraction of sp³-hybridized carbons (Fsp3) is 0.214. The first-order valence-electron chi connectivity index (χ1n) is 6.15. The Bertz CT molecular complexity index is 646. The lowest BCUT2D eigenvalue weighted by Gasteiger charge is -2.12. The molecule has 1 aromatic carbocycles. The Morgan fingerprint density at radius 1 is 1.29 bits per heavy atom. The lowest BCUT2D eigenvalue weighted by Crippen LogP contribution is -2.09. The highest BCUT2D eigenvalue weighted by Gasteiger charge is 2.12. The quantitative estimate of drug-likeness (QED) is 0.837. The number of nitrogens with zero attached hydrogens (tertiary/aromatic N) is 2. The zero-order valence-electron chi connectivity index (χ0n) is 11.7. The molecule has 110 valence electrons. The summed E-state index contributed by atoms with van der Waals surface area (Å²) in [4.78, 5) is 11.1. The van der Waals surface area contributed by atoms with Gasteiger partial charge in [0.25, 0.3) is 0 Å². The van der Waals surface area contributed by atoms with Crippen molar-refractivity contribution < 1.29 is 19.4 Å². The van der Waals surface area contributed by atoms with Crippen LogP contribution < -0.4 is 14.8 Å². The molecule has 2 rings (SSSR count). The first kappa shape index (κ1) is 14.6. The Hall–Kier alpha value is -2.83. The maximum atomic E-state index is 11.1. The molecule has 0 aliphatic carbocycles. The van der Waals surface area contributed by atoms with Crippen molar-refractivity contribution in [2.45, 2.75) is 6.54 Å². The van der Waals surface area contributed by atoms with Crippen LogP contribution >= 0.6 is 0 Å². The van der Waals surface area contributed by atoms with Crippen molar-refractivity contribution >= 4 is 11.8 Å². The number of carboxylic acid groups (broad SMARTS) is 1. The van der Waals surface area contributed by atoms with Gasteiger partial charge in [0.1, 0.15) is 17.1 Å². The molecule has 2 aromatic rings. The summed E-state index contributed by atoms with van der Waals surface area (Å²) >= 11 is 0. The molecule has 0 amide bonds. The summed E-state index contributed by atoms with van der Waals surface area (Å²) in [7, 11) is 3.13. The van der Waals surface area contributed by atoms with Gasteiger partial charge in [0.15, 0.2) is 5.82 Å². The molecule has 7 nitrogen and oxygen atoms in total. The molecule has 0 unspecified atom stereocenters. The van der Waals surface area contributed by atoms with Gasteiger partial charge in [-0.05, 0) is 18.2 Å². The van der Waals surface area contributed by atoms with E-state index in [-0.39, 0.29) is 11.4 Å². The van der Waals surface area contributed by atoms with Gasteiger partial charge in [0.2, 0.25) is 0 Å². The number of hydrogen-bond acceptors (Lipinski definition) is 6. The van der Waals surface area contributed by atoms with Crippen LogP contribution in [0.3, 0.4) is 0 Å². The van der Waals surface area contributed by atoms with Crippen LogP contribution in [0.4, 0.5) is 5.82 Å². The van der Waals surface area contributed by atoms with E-state index in [4.69, 9.17) is 14.6 Å². The number of aromatic carboxylic acids is 1. The van der Waals surface area contributed by atoms with Gasteiger partial charge < -0.3 is 19.9 Å². The lowest BCUT2D eigenvalue weighted by molar-refractivity contribution is 0.0697. The number of benzene rings is 1. The van der Waals surface area contributed by atoms with Gasteiger partial charge in [-0.2, -0.15) is 5.10 Å². The second-order valence-corrected chi connectivity index (χ2v) is 4.13. The van der Waals surface area contributed by atoms with Crippen molar-refractivity contribution in [3.05, 3.63) is 41.6 Å². The summed E-state index contributed by atoms with van der Waals surface area (Å²) in [5, 5.41) is 19.5. The third kappa shape index (κ3) is 3.38. The second-order valence-electron chi connectivity index (χ2n) is 4.13. The first-order valence-corrected chi connectivity index (χ1v) is 6.15. The number of nitrogens with one attached hydrogen (secondary N) is 1. The smallest absolute Gasteiger partial charge is 0.339 e. The Morgan fingerprint density at radius 2 is 2.10 bits per heavy atom. The first-order chi connectivity index (χ1) is 10.2. The molecule has 0 saturated heterocycles. The maximum Gasteiger partial charge on any atom is 0.339 e. The van der Waals surface area contributed by atoms with Crippen LogP contribution in [0.15, 0.2) is 30.5 Å². The topological polar surface area (TPSA) is 93.6 Å². The van der Waals surface area contributed by atoms with Gasteiger partial charge >= 0.3 is 5.97 Å². The number of rotatable bonds is 6. The number of carbonyl (C=O) groups is 1. The summed E-state index contributed by atoms with van der Waals surface area (Å²) in [6, 6.07) is 6.78. The molecular formula is C14H15N3O4. The van der Waals surface area contributed by atoms with E-state index in [9.17, 15) is 4.79 Å². The molecule has 0 aliphatic rings. The summed E-state index contributed by atoms with van der Waals surface area (Å²) < 4.78 is 10.4. The Kier molecular flexibility index (Phi) is 4.55. The number of aromatic nitrogens is 2. The summed E-state index contributed by atoms with van der Waals surface area (Å²) in [5.74, 6) is 0.473. The molecule has 1 aromatic heterocycles. The molecule has 0 fully saturated rings. The number of anilines is 1. The minimum atomic E-state index is -1.06. The largest absolute Gasteiger partial charge is 0.497 e. The van der Waals surface area contributed by atoms with Crippen molar-refractivity contribution in [3.8, 4) is 11.5 Å². The molecule has 0 atom stereocenters. The predicted octanol–water partition coefficient (Wildman–Crippen LogP) is 1.80. The molecule has 21 heavy (non-hydrogen) atoms. The van der Waals surface area contributed by atoms with Crippen LogP contribution in [0.25, 0.3) is 0 Å². The Labute approximate surface area is 121 Å². The molecule has 1 heterocycles. The molecule has 0 radical (unpaired) electrons. The van der Waals surface area contributed by atoms with Gasteiger partial charge in [-0.15, -0.1) is 5.10 Å². The zero-order chi connectivity index (χ0) is 15.2. The van der Waals surface area contributed by atoms with E-state index in [1.54, 1.807) is 26.4 Å². The molecule has 0 spiro atoms. The molecule has 7 heteroatoms. The Balaban J connectivity index is 2.19. The van der Waals surface area contributed by atoms with Gasteiger partial charge in [-0.3, -0.25) is 0 Å². The van der Waals surface area contributed by atoms with E-state index in [1.807, 2.05) is 6.07 Å². The van der Waals surface area contributed by atoms with Crippen LogP contribution in [0.2, 0.25) is 0 Å². The third-order valence-electron chi connectivity index (χ3n) is 2.89. The van der Waals surface area contributed by atoms with Crippen molar-refractivity contribution in [1.82, 2.24) is 10.2 Å². The predicted molar refractivity (Wildman–Crippen MR) is 75.9 cm³/mol. The number of carboxylic acids is 1. The van der Waals surface area contributed by atoms with Crippen molar-refractivity contribution in [3.63, 3.8) is 0 Å². The van der Waals surface area contributed by atoms with Crippen molar-refractivity contribution in [2.24, 2.45) is 0 Å². The van der Waals surface area contributed by atoms with Gasteiger partial charge in [-0.25, -0.2) is 4.79 Å². The van der Waals surface area contributed by atoms with E-state index in [1.165, 1.54) is 12.3 Å². The summed E-state index contributed by atoms with van der Waals surface area (Å²) in [6.07, 6.45) is 1.34. The van der Waals surface area contributed by atoms with E-state index in [2.05, 4.69) is 15.5 Å². The summed E-state index contributed by atoms with van der Waals surface area (Å²) in [6.45, 7) is 0.353. The minimum Gasteiger partial charge on any atom is -0.497 e. The van der Waals surface area contributed by atoms with Crippen LogP contribution in [0, 0.1) is 0 Å². The minimum absolute atomic E-state index is 0.0671. The monoisotopic (exact) mass is 289 g/mol. The summed E-state index contributed by atoms with van der Waals surface area (Å²) in [5.41, 5.74) is 0.915. The second kappa shape index (κ2) is 6.56. The molecule has 0 bridgehead atoms. The fourth-order valence-corrected chi connectivity index (χ4v) is 1.81. The van der Waals surface area contributed by atoms with E-state index < -0.39 is 5.97 Å². The number of ether oxygens (including phenoxy) is 2. The number of hydrogen-bond donors (Lipinski definition) is 2. The van der Waals surface area contributed by atoms with Crippen LogP contribution in [0.1, 0.15) is 15.9 Å². The van der Waals surface area contributed by atoms with E-state index >= 15 is 0 Å². The fourth-order valence-electron chi connectivity index (χ4n) is 1.81. The normalized spacial score (nSPS) is 10.0. The maximum absolute atomic E-state index is 11.1. The molecular weight excluding hydrogens is 274 g/mol. The molecule has 0 saturated carbocycles. The van der Waals surface area contributed by atoms with E-state index in [0.29, 0.717) is 18.0 Å². The van der Waals surface area contributed by atoms with Crippen LogP contribution in [-0.2, 0) is 6.54 Å². The SMILES string of the molecule is COc1ccc(CNc2nnccc2C(=O)O)c(OC)c1. The number of methoxy groups -OCH3 is 2. The van der Waals surface area contributed by atoms with Crippen molar-refractivity contribution in [1.29, 1.82) is 0 Å². The van der Waals surface area contributed by atoms with Crippen molar-refractivity contribution in [2.75, 3.05) is 19.5 Å². The third-order valence-corrected chi connectivity index (χ3v) is 2.89. The standard InChI is InChI=1S/C14H15N3O4/c1-20-10-4-3-9(12(7-10)21-2)8-15-13-11(14(18)19)5-6-16-17-13/h3-7H,8H2,1-2H3,(H,15,17)(H,18,19). The average molecular weight is 289 g/mol. The highest BCUT2D eigenvalue weighted by atomic mass is 16.5. The van der Waals surface area contributed by atoms with E-state index in [0.717, 1.165) is 5.56 Å². The van der Waals surface area contributed by atoms with Gasteiger partial charge in [-0.1, -0.05) is 0 Å². The molecule has 0 aliphatic heterocycles. The lowest BCUT2D eigenvalue weighted by atomic mass is 10.2. The zero-order valence-corrected chi connectivity index (χ0v) is 11.7.